The zero-order valence-corrected chi connectivity index (χ0v) is 9.84. The fourth-order valence-corrected chi connectivity index (χ4v) is 2.13. The van der Waals surface area contributed by atoms with Crippen LogP contribution in [0.3, 0.4) is 0 Å². The van der Waals surface area contributed by atoms with E-state index in [4.69, 9.17) is 9.84 Å². The van der Waals surface area contributed by atoms with E-state index in [2.05, 4.69) is 0 Å². The van der Waals surface area contributed by atoms with Crippen LogP contribution in [0.15, 0.2) is 29.6 Å². The van der Waals surface area contributed by atoms with E-state index in [1.165, 1.54) is 0 Å². The first kappa shape index (κ1) is 12.5. The van der Waals surface area contributed by atoms with Crippen LogP contribution in [-0.2, 0) is 6.61 Å². The Labute approximate surface area is 105 Å². The van der Waals surface area contributed by atoms with Gasteiger partial charge in [0.05, 0.1) is 0 Å². The number of hydrogen-bond donors (Lipinski definition) is 1. The van der Waals surface area contributed by atoms with Crippen LogP contribution in [0.25, 0.3) is 0 Å². The normalized spacial score (nSPS) is 10.3. The summed E-state index contributed by atoms with van der Waals surface area (Å²) < 4.78 is 31.2. The molecule has 0 unspecified atom stereocenters. The topological polar surface area (TPSA) is 46.5 Å². The molecule has 18 heavy (non-hydrogen) atoms. The molecule has 0 fully saturated rings. The Kier molecular flexibility index (Phi) is 3.57. The standard InChI is InChI=1S/C12H8F2O3S/c13-8-1-2-9(14)10(5-8)17-6-7-3-4-18-11(7)12(15)16/h1-5H,6H2,(H,15,16). The van der Waals surface area contributed by atoms with Crippen molar-refractivity contribution in [3.8, 4) is 5.75 Å². The number of hydrogen-bond acceptors (Lipinski definition) is 3. The molecule has 0 aliphatic rings. The van der Waals surface area contributed by atoms with Gasteiger partial charge in [0.1, 0.15) is 17.3 Å². The zero-order valence-electron chi connectivity index (χ0n) is 9.02. The average molecular weight is 270 g/mol. The molecule has 0 atom stereocenters. The molecule has 2 aromatic rings. The van der Waals surface area contributed by atoms with E-state index < -0.39 is 17.6 Å². The van der Waals surface area contributed by atoms with Crippen LogP contribution in [0.5, 0.6) is 5.75 Å². The van der Waals surface area contributed by atoms with Crippen LogP contribution in [-0.4, -0.2) is 11.1 Å². The Balaban J connectivity index is 2.14. The molecule has 0 bridgehead atoms. The third-order valence-electron chi connectivity index (χ3n) is 2.22. The molecule has 0 saturated heterocycles. The zero-order chi connectivity index (χ0) is 13.1. The first-order valence-corrected chi connectivity index (χ1v) is 5.83. The molecule has 2 rings (SSSR count). The molecule has 1 aromatic carbocycles. The van der Waals surface area contributed by atoms with Gasteiger partial charge in [0.25, 0.3) is 0 Å². The number of aromatic carboxylic acids is 1. The number of carbonyl (C=O) groups is 1. The van der Waals surface area contributed by atoms with Crippen molar-refractivity contribution in [3.05, 3.63) is 51.7 Å². The lowest BCUT2D eigenvalue weighted by Crippen LogP contribution is -2.02. The number of carboxylic acid groups (broad SMARTS) is 1. The van der Waals surface area contributed by atoms with E-state index in [0.717, 1.165) is 29.5 Å². The molecule has 0 aliphatic carbocycles. The highest BCUT2D eigenvalue weighted by atomic mass is 32.1. The quantitative estimate of drug-likeness (QED) is 0.927. The molecular formula is C12H8F2O3S. The smallest absolute Gasteiger partial charge is 0.346 e. The van der Waals surface area contributed by atoms with Gasteiger partial charge in [-0.25, -0.2) is 13.6 Å². The van der Waals surface area contributed by atoms with Crippen molar-refractivity contribution in [2.45, 2.75) is 6.61 Å². The summed E-state index contributed by atoms with van der Waals surface area (Å²) in [6.07, 6.45) is 0. The Morgan fingerprint density at radius 3 is 2.83 bits per heavy atom. The van der Waals surface area contributed by atoms with Gasteiger partial charge in [0, 0.05) is 11.6 Å². The lowest BCUT2D eigenvalue weighted by Gasteiger charge is -2.06. The van der Waals surface area contributed by atoms with Crippen molar-refractivity contribution in [1.82, 2.24) is 0 Å². The number of carboxylic acids is 1. The van der Waals surface area contributed by atoms with Gasteiger partial charge in [-0.15, -0.1) is 11.3 Å². The summed E-state index contributed by atoms with van der Waals surface area (Å²) in [5.41, 5.74) is 0.427. The third-order valence-corrected chi connectivity index (χ3v) is 3.16. The van der Waals surface area contributed by atoms with Crippen LogP contribution in [0.2, 0.25) is 0 Å². The van der Waals surface area contributed by atoms with Crippen LogP contribution >= 0.6 is 11.3 Å². The van der Waals surface area contributed by atoms with Crippen LogP contribution < -0.4 is 4.74 Å². The van der Waals surface area contributed by atoms with Crippen LogP contribution in [0.4, 0.5) is 8.78 Å². The summed E-state index contributed by atoms with van der Waals surface area (Å²) in [6, 6.07) is 4.43. The van der Waals surface area contributed by atoms with Gasteiger partial charge in [-0.3, -0.25) is 0 Å². The summed E-state index contributed by atoms with van der Waals surface area (Å²) in [4.78, 5) is 11.0. The molecule has 1 heterocycles. The molecule has 1 N–H and O–H groups in total. The second-order valence-corrected chi connectivity index (χ2v) is 4.36. The number of thiophene rings is 1. The molecule has 3 nitrogen and oxygen atoms in total. The van der Waals surface area contributed by atoms with E-state index >= 15 is 0 Å². The van der Waals surface area contributed by atoms with Crippen molar-refractivity contribution in [2.75, 3.05) is 0 Å². The van der Waals surface area contributed by atoms with Gasteiger partial charge in [-0.2, -0.15) is 0 Å². The van der Waals surface area contributed by atoms with Gasteiger partial charge < -0.3 is 9.84 Å². The van der Waals surface area contributed by atoms with Crippen molar-refractivity contribution >= 4 is 17.3 Å². The molecule has 6 heteroatoms. The highest BCUT2D eigenvalue weighted by Crippen LogP contribution is 2.22. The van der Waals surface area contributed by atoms with Crippen LogP contribution in [0, 0.1) is 11.6 Å². The van der Waals surface area contributed by atoms with Crippen LogP contribution in [0.1, 0.15) is 15.2 Å². The van der Waals surface area contributed by atoms with Gasteiger partial charge in [-0.1, -0.05) is 0 Å². The average Bonchev–Trinajstić information content (AvgIpc) is 2.79. The predicted molar refractivity (Wildman–Crippen MR) is 62.0 cm³/mol. The Bertz CT molecular complexity index is 580. The molecule has 0 amide bonds. The fraction of sp³-hybridized carbons (Fsp3) is 0.0833. The second-order valence-electron chi connectivity index (χ2n) is 3.44. The van der Waals surface area contributed by atoms with Crippen molar-refractivity contribution in [1.29, 1.82) is 0 Å². The fourth-order valence-electron chi connectivity index (χ4n) is 1.38. The maximum absolute atomic E-state index is 13.3. The van der Waals surface area contributed by atoms with Gasteiger partial charge in [0.15, 0.2) is 11.6 Å². The minimum Gasteiger partial charge on any atom is -0.486 e. The molecule has 0 spiro atoms. The number of benzene rings is 1. The molecule has 0 saturated carbocycles. The number of halogens is 2. The SMILES string of the molecule is O=C(O)c1sccc1COc1cc(F)ccc1F. The molecule has 0 aliphatic heterocycles. The van der Waals surface area contributed by atoms with E-state index in [1.54, 1.807) is 11.4 Å². The molecule has 0 radical (unpaired) electrons. The molecule has 1 aromatic heterocycles. The lowest BCUT2D eigenvalue weighted by molar-refractivity contribution is 0.0699. The van der Waals surface area contributed by atoms with E-state index in [1.807, 2.05) is 0 Å². The molecule has 94 valence electrons. The van der Waals surface area contributed by atoms with E-state index in [-0.39, 0.29) is 17.2 Å². The highest BCUT2D eigenvalue weighted by molar-refractivity contribution is 7.12. The summed E-state index contributed by atoms with van der Waals surface area (Å²) in [5, 5.41) is 10.5. The first-order valence-electron chi connectivity index (χ1n) is 4.95. The largest absolute Gasteiger partial charge is 0.486 e. The minimum absolute atomic E-state index is 0.120. The summed E-state index contributed by atoms with van der Waals surface area (Å²) in [6.45, 7) is -0.120. The monoisotopic (exact) mass is 270 g/mol. The first-order chi connectivity index (χ1) is 8.58. The van der Waals surface area contributed by atoms with Gasteiger partial charge in [-0.05, 0) is 23.6 Å². The summed E-state index contributed by atoms with van der Waals surface area (Å²) in [5.74, 6) is -2.61. The predicted octanol–water partition coefficient (Wildman–Crippen LogP) is 3.30. The lowest BCUT2D eigenvalue weighted by atomic mass is 10.2. The van der Waals surface area contributed by atoms with Crippen molar-refractivity contribution in [3.63, 3.8) is 0 Å². The Morgan fingerprint density at radius 2 is 2.11 bits per heavy atom. The van der Waals surface area contributed by atoms with Gasteiger partial charge >= 0.3 is 5.97 Å². The maximum atomic E-state index is 13.3. The van der Waals surface area contributed by atoms with Crippen molar-refractivity contribution in [2.24, 2.45) is 0 Å². The van der Waals surface area contributed by atoms with Crippen molar-refractivity contribution < 1.29 is 23.4 Å². The Morgan fingerprint density at radius 1 is 1.33 bits per heavy atom. The highest BCUT2D eigenvalue weighted by Gasteiger charge is 2.13. The Hall–Kier alpha value is -1.95. The van der Waals surface area contributed by atoms with E-state index in [0.29, 0.717) is 5.56 Å². The summed E-state index contributed by atoms with van der Waals surface area (Å²) in [7, 11) is 0. The number of rotatable bonds is 4. The maximum Gasteiger partial charge on any atom is 0.346 e. The number of ether oxygens (including phenoxy) is 1. The second kappa shape index (κ2) is 5.14. The summed E-state index contributed by atoms with van der Waals surface area (Å²) >= 11 is 1.05. The van der Waals surface area contributed by atoms with E-state index in [9.17, 15) is 13.6 Å². The molecular weight excluding hydrogens is 262 g/mol. The minimum atomic E-state index is -1.07. The third kappa shape index (κ3) is 2.65. The van der Waals surface area contributed by atoms with Gasteiger partial charge in [0.2, 0.25) is 0 Å².